The number of hydrogen-bond acceptors (Lipinski definition) is 6. The third kappa shape index (κ3) is 4.80. The molecule has 0 aliphatic carbocycles. The Morgan fingerprint density at radius 2 is 2.22 bits per heavy atom. The number of halogens is 1. The van der Waals surface area contributed by atoms with Gasteiger partial charge in [0.1, 0.15) is 6.33 Å². The first-order valence-electron chi connectivity index (χ1n) is 9.27. The van der Waals surface area contributed by atoms with Crippen molar-refractivity contribution in [2.45, 2.75) is 62.9 Å². The monoisotopic (exact) mass is 428 g/mol. The highest BCUT2D eigenvalue weighted by molar-refractivity contribution is 7.93. The van der Waals surface area contributed by atoms with E-state index in [9.17, 15) is 8.42 Å². The van der Waals surface area contributed by atoms with Crippen LogP contribution in [0.1, 0.15) is 57.6 Å². The fourth-order valence-corrected chi connectivity index (χ4v) is 5.85. The molecule has 2 atom stereocenters. The normalized spacial score (nSPS) is 19.7. The van der Waals surface area contributed by atoms with Crippen LogP contribution in [-0.4, -0.2) is 35.3 Å². The second-order valence-electron chi connectivity index (χ2n) is 6.89. The van der Waals surface area contributed by atoms with Gasteiger partial charge in [0.2, 0.25) is 5.13 Å². The predicted molar refractivity (Wildman–Crippen MR) is 110 cm³/mol. The lowest BCUT2D eigenvalue weighted by atomic mass is 9.94. The standard InChI is InChI=1S/C18H25ClN4O2S2/c1-3-6-14-7-4-5-10-23(14)13(2)16-9-8-15(11-17(16)19)27(24,25)22-18-20-12-21-26-18/h8-9,11-14H,3-7,10H2,1-2H3,(H,20,21,22)/t13-,14-/m0/s1. The smallest absolute Gasteiger partial charge is 0.263 e. The van der Waals surface area contributed by atoms with Gasteiger partial charge in [-0.3, -0.25) is 9.62 Å². The van der Waals surface area contributed by atoms with Crippen molar-refractivity contribution in [3.05, 3.63) is 35.1 Å². The summed E-state index contributed by atoms with van der Waals surface area (Å²) in [6.07, 6.45) is 7.34. The van der Waals surface area contributed by atoms with Crippen LogP contribution in [-0.2, 0) is 10.0 Å². The minimum atomic E-state index is -3.73. The number of anilines is 1. The van der Waals surface area contributed by atoms with Gasteiger partial charge in [-0.2, -0.15) is 4.37 Å². The second-order valence-corrected chi connectivity index (χ2v) is 9.76. The molecular formula is C18H25ClN4O2S2. The molecule has 1 fully saturated rings. The molecule has 1 aliphatic rings. The highest BCUT2D eigenvalue weighted by atomic mass is 35.5. The van der Waals surface area contributed by atoms with Crippen molar-refractivity contribution in [1.82, 2.24) is 14.3 Å². The van der Waals surface area contributed by atoms with E-state index in [0.717, 1.165) is 30.1 Å². The molecule has 2 heterocycles. The Morgan fingerprint density at radius 1 is 1.41 bits per heavy atom. The summed E-state index contributed by atoms with van der Waals surface area (Å²) in [6, 6.07) is 5.69. The molecule has 1 saturated heterocycles. The van der Waals surface area contributed by atoms with Crippen molar-refractivity contribution in [3.8, 4) is 0 Å². The van der Waals surface area contributed by atoms with Crippen LogP contribution in [0.5, 0.6) is 0 Å². The van der Waals surface area contributed by atoms with Gasteiger partial charge in [0.15, 0.2) is 0 Å². The van der Waals surface area contributed by atoms with Crippen LogP contribution in [0.3, 0.4) is 0 Å². The van der Waals surface area contributed by atoms with Crippen LogP contribution in [0.4, 0.5) is 5.13 Å². The van der Waals surface area contributed by atoms with Crippen LogP contribution >= 0.6 is 23.1 Å². The van der Waals surface area contributed by atoms with Crippen molar-refractivity contribution < 1.29 is 8.42 Å². The summed E-state index contributed by atoms with van der Waals surface area (Å²) < 4.78 is 31.3. The van der Waals surface area contributed by atoms with E-state index in [1.54, 1.807) is 6.07 Å². The van der Waals surface area contributed by atoms with Gasteiger partial charge >= 0.3 is 0 Å². The summed E-state index contributed by atoms with van der Waals surface area (Å²) in [7, 11) is -3.73. The zero-order valence-corrected chi connectivity index (χ0v) is 17.9. The molecule has 3 rings (SSSR count). The van der Waals surface area contributed by atoms with Gasteiger partial charge in [0, 0.05) is 28.6 Å². The molecule has 1 aromatic heterocycles. The summed E-state index contributed by atoms with van der Waals surface area (Å²) in [4.78, 5) is 6.50. The molecule has 0 unspecified atom stereocenters. The fraction of sp³-hybridized carbons (Fsp3) is 0.556. The Kier molecular flexibility index (Phi) is 6.73. The molecule has 1 N–H and O–H groups in total. The van der Waals surface area contributed by atoms with Crippen LogP contribution in [0, 0.1) is 0 Å². The molecule has 0 radical (unpaired) electrons. The summed E-state index contributed by atoms with van der Waals surface area (Å²) in [5.74, 6) is 0. The van der Waals surface area contributed by atoms with E-state index >= 15 is 0 Å². The molecule has 27 heavy (non-hydrogen) atoms. The molecule has 0 saturated carbocycles. The fourth-order valence-electron chi connectivity index (χ4n) is 3.76. The maximum absolute atomic E-state index is 12.5. The van der Waals surface area contributed by atoms with Gasteiger partial charge < -0.3 is 0 Å². The van der Waals surface area contributed by atoms with E-state index in [2.05, 4.69) is 32.8 Å². The molecule has 0 amide bonds. The van der Waals surface area contributed by atoms with E-state index < -0.39 is 10.0 Å². The van der Waals surface area contributed by atoms with Crippen molar-refractivity contribution in [1.29, 1.82) is 0 Å². The lowest BCUT2D eigenvalue weighted by molar-refractivity contribution is 0.0963. The van der Waals surface area contributed by atoms with E-state index in [-0.39, 0.29) is 16.1 Å². The first kappa shape index (κ1) is 20.5. The van der Waals surface area contributed by atoms with E-state index in [4.69, 9.17) is 11.6 Å². The Hall–Kier alpha value is -1.22. The van der Waals surface area contributed by atoms with Gasteiger partial charge in [-0.15, -0.1) is 0 Å². The molecule has 148 valence electrons. The molecule has 0 bridgehead atoms. The molecule has 6 nitrogen and oxygen atoms in total. The average Bonchev–Trinajstić information content (AvgIpc) is 3.14. The maximum atomic E-state index is 12.5. The summed E-state index contributed by atoms with van der Waals surface area (Å²) >= 11 is 7.50. The highest BCUT2D eigenvalue weighted by Gasteiger charge is 2.28. The molecule has 2 aromatic rings. The van der Waals surface area contributed by atoms with Crippen LogP contribution in [0.15, 0.2) is 29.4 Å². The molecular weight excluding hydrogens is 404 g/mol. The first-order chi connectivity index (χ1) is 12.9. The SMILES string of the molecule is CCC[C@H]1CCCCN1[C@@H](C)c1ccc(S(=O)(=O)Nc2ncns2)cc1Cl. The largest absolute Gasteiger partial charge is 0.294 e. The Morgan fingerprint density at radius 3 is 2.89 bits per heavy atom. The van der Waals surface area contributed by atoms with Crippen molar-refractivity contribution in [2.24, 2.45) is 0 Å². The molecule has 1 aliphatic heterocycles. The number of sulfonamides is 1. The minimum absolute atomic E-state index is 0.127. The molecule has 1 aromatic carbocycles. The lowest BCUT2D eigenvalue weighted by Gasteiger charge is -2.40. The summed E-state index contributed by atoms with van der Waals surface area (Å²) in [5.41, 5.74) is 0.967. The Balaban J connectivity index is 1.81. The lowest BCUT2D eigenvalue weighted by Crippen LogP contribution is -2.41. The number of nitrogens with one attached hydrogen (secondary N) is 1. The van der Waals surface area contributed by atoms with Gasteiger partial charge in [-0.25, -0.2) is 13.4 Å². The van der Waals surface area contributed by atoms with Crippen LogP contribution < -0.4 is 4.72 Å². The van der Waals surface area contributed by atoms with E-state index in [0.29, 0.717) is 11.1 Å². The maximum Gasteiger partial charge on any atom is 0.263 e. The zero-order valence-electron chi connectivity index (χ0n) is 15.6. The Bertz CT molecular complexity index is 856. The van der Waals surface area contributed by atoms with Gasteiger partial charge in [-0.05, 0) is 50.4 Å². The van der Waals surface area contributed by atoms with Crippen molar-refractivity contribution >= 4 is 38.3 Å². The first-order valence-corrected chi connectivity index (χ1v) is 11.9. The number of hydrogen-bond donors (Lipinski definition) is 1. The summed E-state index contributed by atoms with van der Waals surface area (Å²) in [5, 5.41) is 0.711. The number of aromatic nitrogens is 2. The number of nitrogens with zero attached hydrogens (tertiary/aromatic N) is 3. The average molecular weight is 429 g/mol. The number of benzene rings is 1. The van der Waals surface area contributed by atoms with E-state index in [1.165, 1.54) is 38.1 Å². The van der Waals surface area contributed by atoms with Crippen LogP contribution in [0.25, 0.3) is 0 Å². The van der Waals surface area contributed by atoms with Gasteiger partial charge in [0.25, 0.3) is 10.0 Å². The molecule has 0 spiro atoms. The zero-order chi connectivity index (χ0) is 19.4. The third-order valence-electron chi connectivity index (χ3n) is 5.11. The predicted octanol–water partition coefficient (Wildman–Crippen LogP) is 4.71. The number of piperidine rings is 1. The highest BCUT2D eigenvalue weighted by Crippen LogP contribution is 2.34. The topological polar surface area (TPSA) is 75.2 Å². The van der Waals surface area contributed by atoms with Crippen molar-refractivity contribution in [3.63, 3.8) is 0 Å². The quantitative estimate of drug-likeness (QED) is 0.691. The second kappa shape index (κ2) is 8.86. The van der Waals surface area contributed by atoms with Gasteiger partial charge in [-0.1, -0.05) is 37.4 Å². The third-order valence-corrected chi connectivity index (χ3v) is 7.48. The number of rotatable bonds is 7. The minimum Gasteiger partial charge on any atom is -0.294 e. The summed E-state index contributed by atoms with van der Waals surface area (Å²) in [6.45, 7) is 5.43. The van der Waals surface area contributed by atoms with Crippen LogP contribution in [0.2, 0.25) is 5.02 Å². The van der Waals surface area contributed by atoms with Crippen molar-refractivity contribution in [2.75, 3.05) is 11.3 Å². The van der Waals surface area contributed by atoms with E-state index in [1.807, 2.05) is 6.07 Å². The Labute approximate surface area is 170 Å². The van der Waals surface area contributed by atoms with Gasteiger partial charge in [0.05, 0.1) is 4.90 Å². The number of likely N-dealkylation sites (tertiary alicyclic amines) is 1. The molecule has 9 heteroatoms.